The Morgan fingerprint density at radius 1 is 0.676 bits per heavy atom. The van der Waals surface area contributed by atoms with E-state index in [1.807, 2.05) is 58.9 Å². The van der Waals surface area contributed by atoms with E-state index in [1.165, 1.54) is 12.1 Å². The Hall–Kier alpha value is -7.69. The molecular formula is C58H70N4O12. The number of aliphatic carboxylic acids is 1. The molecule has 2 heterocycles. The molecule has 0 spiro atoms. The third-order valence-corrected chi connectivity index (χ3v) is 12.1. The van der Waals surface area contributed by atoms with Crippen LogP contribution in [-0.4, -0.2) is 85.4 Å². The van der Waals surface area contributed by atoms with Gasteiger partial charge in [-0.15, -0.1) is 0 Å². The van der Waals surface area contributed by atoms with Crippen LogP contribution in [0, 0.1) is 13.8 Å². The Balaban J connectivity index is 0.000000274. The summed E-state index contributed by atoms with van der Waals surface area (Å²) in [6.45, 7) is 20.3. The van der Waals surface area contributed by atoms with Crippen LogP contribution in [0.15, 0.2) is 115 Å². The van der Waals surface area contributed by atoms with Crippen molar-refractivity contribution in [1.29, 1.82) is 0 Å². The first-order chi connectivity index (χ1) is 35.1. The van der Waals surface area contributed by atoms with Crippen molar-refractivity contribution in [2.24, 2.45) is 0 Å². The molecule has 0 bridgehead atoms. The summed E-state index contributed by atoms with van der Waals surface area (Å²) in [5.74, 6) is 0.234. The van der Waals surface area contributed by atoms with E-state index in [9.17, 15) is 29.1 Å². The van der Waals surface area contributed by atoms with Gasteiger partial charge in [-0.3, -0.25) is 14.4 Å². The van der Waals surface area contributed by atoms with Crippen LogP contribution in [0.1, 0.15) is 104 Å². The van der Waals surface area contributed by atoms with Crippen molar-refractivity contribution in [3.05, 3.63) is 150 Å². The number of nitrogens with one attached hydrogen (secondary N) is 3. The number of hydrogen-bond donors (Lipinski definition) is 5. The van der Waals surface area contributed by atoms with Gasteiger partial charge < -0.3 is 54.1 Å². The third-order valence-electron chi connectivity index (χ3n) is 12.1. The predicted molar refractivity (Wildman–Crippen MR) is 291 cm³/mol. The molecule has 0 aliphatic rings. The van der Waals surface area contributed by atoms with Gasteiger partial charge in [-0.2, -0.15) is 0 Å². The molecule has 0 saturated heterocycles. The molecule has 4 aromatic carbocycles. The summed E-state index contributed by atoms with van der Waals surface area (Å²) < 4.78 is 28.3. The number of carboxylic acids is 1. The molecule has 0 aliphatic carbocycles. The number of methoxy groups -OCH3 is 1. The lowest BCUT2D eigenvalue weighted by atomic mass is 10.0. The first-order valence-electron chi connectivity index (χ1n) is 24.5. The van der Waals surface area contributed by atoms with Gasteiger partial charge in [0.05, 0.1) is 26.9 Å². The minimum Gasteiger partial charge on any atom is -0.508 e. The Bertz CT molecular complexity index is 3150. The van der Waals surface area contributed by atoms with Crippen molar-refractivity contribution in [1.82, 2.24) is 10.2 Å². The number of benzene rings is 4. The minimum atomic E-state index is -0.912. The van der Waals surface area contributed by atoms with E-state index in [2.05, 4.69) is 48.7 Å². The maximum absolute atomic E-state index is 12.9. The predicted octanol–water partition coefficient (Wildman–Crippen LogP) is 10.4. The van der Waals surface area contributed by atoms with Crippen LogP contribution >= 0.6 is 0 Å². The molecule has 0 atom stereocenters. The van der Waals surface area contributed by atoms with Crippen LogP contribution in [0.4, 0.5) is 11.4 Å². The van der Waals surface area contributed by atoms with Gasteiger partial charge in [-0.25, -0.2) is 9.59 Å². The fraction of sp³-hybridized carbons (Fsp3) is 0.362. The van der Waals surface area contributed by atoms with Crippen LogP contribution in [0.25, 0.3) is 21.9 Å². The topological polar surface area (TPSA) is 219 Å². The number of hydrogen-bond acceptors (Lipinski definition) is 13. The van der Waals surface area contributed by atoms with Crippen molar-refractivity contribution in [2.75, 3.05) is 57.6 Å². The molecule has 16 nitrogen and oxygen atoms in total. The number of aromatic hydroxyl groups is 1. The molecule has 0 fully saturated rings. The van der Waals surface area contributed by atoms with Gasteiger partial charge in [0.15, 0.2) is 0 Å². The van der Waals surface area contributed by atoms with E-state index < -0.39 is 29.0 Å². The molecule has 0 radical (unpaired) electrons. The van der Waals surface area contributed by atoms with Gasteiger partial charge in [0.1, 0.15) is 45.5 Å². The number of amides is 2. The van der Waals surface area contributed by atoms with E-state index in [0.717, 1.165) is 35.2 Å². The van der Waals surface area contributed by atoms with Gasteiger partial charge in [-0.05, 0) is 186 Å². The molecule has 0 unspecified atom stereocenters. The Morgan fingerprint density at radius 2 is 1.15 bits per heavy atom. The number of ether oxygens (including phenoxy) is 3. The summed E-state index contributed by atoms with van der Waals surface area (Å²) >= 11 is 0. The molecule has 0 saturated carbocycles. The number of allylic oxidation sites excluding steroid dienone is 4. The van der Waals surface area contributed by atoms with E-state index in [4.69, 9.17) is 28.2 Å². The molecule has 2 aromatic heterocycles. The summed E-state index contributed by atoms with van der Waals surface area (Å²) in [5, 5.41) is 28.2. The second kappa shape index (κ2) is 26.3. The molecule has 6 aromatic rings. The number of phenolic OH excluding ortho intramolecular Hbond substituents is 1. The van der Waals surface area contributed by atoms with Crippen LogP contribution in [-0.2, 0) is 17.6 Å². The van der Waals surface area contributed by atoms with E-state index in [0.29, 0.717) is 100 Å². The summed E-state index contributed by atoms with van der Waals surface area (Å²) in [6.07, 6.45) is 6.62. The highest BCUT2D eigenvalue weighted by Gasteiger charge is 2.19. The summed E-state index contributed by atoms with van der Waals surface area (Å²) in [4.78, 5) is 64.0. The summed E-state index contributed by atoms with van der Waals surface area (Å²) in [7, 11) is 3.68. The highest BCUT2D eigenvalue weighted by atomic mass is 16.5. The van der Waals surface area contributed by atoms with Crippen molar-refractivity contribution in [2.45, 2.75) is 93.5 Å². The van der Waals surface area contributed by atoms with Crippen molar-refractivity contribution < 1.29 is 47.6 Å². The van der Waals surface area contributed by atoms with Crippen molar-refractivity contribution in [3.63, 3.8) is 0 Å². The van der Waals surface area contributed by atoms with E-state index in [1.54, 1.807) is 62.6 Å². The third kappa shape index (κ3) is 16.2. The van der Waals surface area contributed by atoms with Crippen LogP contribution < -0.4 is 41.4 Å². The van der Waals surface area contributed by atoms with E-state index in [-0.39, 0.29) is 29.2 Å². The second-order valence-electron chi connectivity index (χ2n) is 19.4. The van der Waals surface area contributed by atoms with Crippen molar-refractivity contribution >= 4 is 51.1 Å². The number of aryl methyl sites for hydroxylation is 2. The Kier molecular flexibility index (Phi) is 20.3. The molecule has 5 N–H and O–H groups in total. The van der Waals surface area contributed by atoms with Crippen molar-refractivity contribution in [3.8, 4) is 23.0 Å². The normalized spacial score (nSPS) is 11.1. The second-order valence-corrected chi connectivity index (χ2v) is 19.4. The first kappa shape index (κ1) is 57.2. The summed E-state index contributed by atoms with van der Waals surface area (Å²) in [5.41, 5.74) is 5.58. The van der Waals surface area contributed by atoms with Gasteiger partial charge in [0, 0.05) is 45.1 Å². The lowest BCUT2D eigenvalue weighted by molar-refractivity contribution is -0.135. The van der Waals surface area contributed by atoms with Gasteiger partial charge in [0.2, 0.25) is 0 Å². The van der Waals surface area contributed by atoms with E-state index >= 15 is 0 Å². The Morgan fingerprint density at radius 3 is 1.64 bits per heavy atom. The molecule has 16 heteroatoms. The fourth-order valence-electron chi connectivity index (χ4n) is 7.48. The molecule has 6 rings (SSSR count). The maximum atomic E-state index is 12.9. The number of nitrogens with zero attached hydrogens (tertiary/aromatic N) is 1. The standard InChI is InChI=1S/C30H38N2O5.C28H32N2O7/c1-19(2)9-10-21-17-23(11-13-25(21)33)28(34)31-24-18-22-12-14-26(20(3)27(22)37-29(24)35)36-16-8-15-32(7)30(4,5)6;1-17(2)6-7-19-14-21(9-11-24(19)35-4)27(33)30-22-15-20-8-10-23(18(3)26(20)37-28(22)34)36-13-5-12-29-16-25(31)32/h9,11-14,17-18,33H,8,10,15-16H2,1-7H3,(H,31,34);6,8-11,14-15,29H,5,7,12-13,16H2,1-4H3,(H,30,33)(H,31,32). The van der Waals surface area contributed by atoms with Crippen LogP contribution in [0.5, 0.6) is 23.0 Å². The lowest BCUT2D eigenvalue weighted by Crippen LogP contribution is -2.39. The number of fused-ring (bicyclic) bond motifs is 2. The van der Waals surface area contributed by atoms with Gasteiger partial charge in [-0.1, -0.05) is 23.3 Å². The Labute approximate surface area is 432 Å². The average molecular weight is 1020 g/mol. The highest BCUT2D eigenvalue weighted by Crippen LogP contribution is 2.30. The lowest BCUT2D eigenvalue weighted by Gasteiger charge is -2.31. The van der Waals surface area contributed by atoms with Crippen LogP contribution in [0.2, 0.25) is 0 Å². The largest absolute Gasteiger partial charge is 0.508 e. The number of phenols is 1. The zero-order valence-corrected chi connectivity index (χ0v) is 44.4. The monoisotopic (exact) mass is 1010 g/mol. The quantitative estimate of drug-likeness (QED) is 0.0257. The van der Waals surface area contributed by atoms with Crippen LogP contribution in [0.3, 0.4) is 0 Å². The zero-order chi connectivity index (χ0) is 54.3. The number of carboxylic acid groups (broad SMARTS) is 1. The molecule has 2 amide bonds. The zero-order valence-electron chi connectivity index (χ0n) is 44.4. The highest BCUT2D eigenvalue weighted by molar-refractivity contribution is 6.06. The molecule has 0 aliphatic heterocycles. The first-order valence-corrected chi connectivity index (χ1v) is 24.5. The molecule has 74 heavy (non-hydrogen) atoms. The molecular weight excluding hydrogens is 945 g/mol. The number of carbonyl (C=O) groups is 3. The summed E-state index contributed by atoms with van der Waals surface area (Å²) in [6, 6.07) is 20.1. The SMILES string of the molecule is CC(C)=CCc1cc(C(=O)Nc2cc3ccc(OCCCN(C)C(C)(C)C)c(C)c3oc2=O)ccc1O.COc1ccc(C(=O)Nc2cc3ccc(OCCCNCC(=O)O)c(C)c3oc2=O)cc1CC=C(C)C. The fourth-order valence-corrected chi connectivity index (χ4v) is 7.48. The minimum absolute atomic E-state index is 0.0386. The number of rotatable bonds is 21. The average Bonchev–Trinajstić information content (AvgIpc) is 3.34. The van der Waals surface area contributed by atoms with Gasteiger partial charge in [0.25, 0.3) is 11.8 Å². The van der Waals surface area contributed by atoms with Gasteiger partial charge >= 0.3 is 17.2 Å². The smallest absolute Gasteiger partial charge is 0.360 e. The molecule has 394 valence electrons. The number of anilines is 2. The maximum Gasteiger partial charge on any atom is 0.360 e. The number of carbonyl (C=O) groups excluding carboxylic acids is 2.